The quantitative estimate of drug-likeness (QED) is 0.635. The van der Waals surface area contributed by atoms with Crippen LogP contribution in [0.25, 0.3) is 11.3 Å². The summed E-state index contributed by atoms with van der Waals surface area (Å²) in [5.74, 6) is 0.344. The van der Waals surface area contributed by atoms with Gasteiger partial charge in [-0.1, -0.05) is 17.3 Å². The molecule has 4 rings (SSSR count). The van der Waals surface area contributed by atoms with Crippen LogP contribution in [-0.4, -0.2) is 73.4 Å². The Morgan fingerprint density at radius 3 is 2.77 bits per heavy atom. The Morgan fingerprint density at radius 2 is 2.07 bits per heavy atom. The fourth-order valence-corrected chi connectivity index (χ4v) is 3.89. The summed E-state index contributed by atoms with van der Waals surface area (Å²) in [5.41, 5.74) is 1.82. The minimum Gasteiger partial charge on any atom is -0.389 e. The van der Waals surface area contributed by atoms with Crippen LogP contribution in [0, 0.1) is 5.82 Å². The van der Waals surface area contributed by atoms with Crippen LogP contribution in [-0.2, 0) is 16.0 Å². The fraction of sp³-hybridized carbons (Fsp3) is 0.591. The zero-order valence-corrected chi connectivity index (χ0v) is 17.4. The first-order chi connectivity index (χ1) is 14.7. The van der Waals surface area contributed by atoms with Gasteiger partial charge in [-0.3, -0.25) is 4.90 Å². The number of hydrogen-bond donors (Lipinski definition) is 1. The van der Waals surface area contributed by atoms with E-state index in [1.807, 2.05) is 6.92 Å². The first-order valence-corrected chi connectivity index (χ1v) is 10.7. The number of hydrogen-bond acceptors (Lipinski definition) is 7. The Kier molecular flexibility index (Phi) is 6.99. The van der Waals surface area contributed by atoms with Gasteiger partial charge in [0.2, 0.25) is 5.88 Å². The van der Waals surface area contributed by atoms with Crippen molar-refractivity contribution in [3.8, 4) is 11.3 Å². The van der Waals surface area contributed by atoms with E-state index in [2.05, 4.69) is 15.0 Å². The summed E-state index contributed by atoms with van der Waals surface area (Å²) in [6.45, 7) is 6.47. The zero-order valence-electron chi connectivity index (χ0n) is 17.4. The molecule has 0 amide bonds. The Hall–Kier alpha value is -2.00. The lowest BCUT2D eigenvalue weighted by Gasteiger charge is -2.29. The maximum Gasteiger partial charge on any atom is 0.232 e. The van der Waals surface area contributed by atoms with E-state index >= 15 is 0 Å². The minimum atomic E-state index is -0.575. The lowest BCUT2D eigenvalue weighted by molar-refractivity contribution is 0.0179. The van der Waals surface area contributed by atoms with Gasteiger partial charge in [0.1, 0.15) is 11.5 Å². The minimum absolute atomic E-state index is 0.305. The third-order valence-corrected chi connectivity index (χ3v) is 5.58. The molecule has 2 aliphatic rings. The van der Waals surface area contributed by atoms with Gasteiger partial charge >= 0.3 is 0 Å². The van der Waals surface area contributed by atoms with Crippen molar-refractivity contribution >= 4 is 5.88 Å². The highest BCUT2D eigenvalue weighted by molar-refractivity contribution is 5.69. The SMILES string of the molecule is CCOCC(O)CN(Cc1c(-c2ccccc2F)noc1N1CCOCC1)C1CC1. The number of nitrogens with zero attached hydrogens (tertiary/aromatic N) is 3. The smallest absolute Gasteiger partial charge is 0.232 e. The number of aromatic nitrogens is 1. The summed E-state index contributed by atoms with van der Waals surface area (Å²) in [5, 5.41) is 14.7. The number of ether oxygens (including phenoxy) is 2. The average Bonchev–Trinajstić information content (AvgIpc) is 3.54. The summed E-state index contributed by atoms with van der Waals surface area (Å²) >= 11 is 0. The Bertz CT molecular complexity index is 820. The third kappa shape index (κ3) is 5.00. The van der Waals surface area contributed by atoms with Crippen molar-refractivity contribution in [1.82, 2.24) is 10.1 Å². The van der Waals surface area contributed by atoms with Crippen LogP contribution < -0.4 is 4.90 Å². The molecule has 8 heteroatoms. The van der Waals surface area contributed by atoms with Crippen molar-refractivity contribution in [2.75, 3.05) is 51.0 Å². The summed E-state index contributed by atoms with van der Waals surface area (Å²) in [4.78, 5) is 4.35. The average molecular weight is 419 g/mol. The highest BCUT2D eigenvalue weighted by atomic mass is 19.1. The van der Waals surface area contributed by atoms with Crippen LogP contribution in [0.3, 0.4) is 0 Å². The van der Waals surface area contributed by atoms with E-state index < -0.39 is 6.10 Å². The monoisotopic (exact) mass is 419 g/mol. The van der Waals surface area contributed by atoms with E-state index in [1.54, 1.807) is 18.2 Å². The number of halogens is 1. The molecule has 0 bridgehead atoms. The summed E-state index contributed by atoms with van der Waals surface area (Å²) < 4.78 is 31.2. The Morgan fingerprint density at radius 1 is 1.30 bits per heavy atom. The first-order valence-electron chi connectivity index (χ1n) is 10.7. The van der Waals surface area contributed by atoms with Gasteiger partial charge in [0.15, 0.2) is 0 Å². The molecular formula is C22H30FN3O4. The summed E-state index contributed by atoms with van der Waals surface area (Å²) in [6, 6.07) is 7.04. The maximum absolute atomic E-state index is 14.6. The van der Waals surface area contributed by atoms with E-state index in [-0.39, 0.29) is 5.82 Å². The van der Waals surface area contributed by atoms with Gasteiger partial charge in [0.25, 0.3) is 0 Å². The van der Waals surface area contributed by atoms with Crippen molar-refractivity contribution in [2.24, 2.45) is 0 Å². The van der Waals surface area contributed by atoms with Crippen molar-refractivity contribution in [1.29, 1.82) is 0 Å². The zero-order chi connectivity index (χ0) is 20.9. The summed E-state index contributed by atoms with van der Waals surface area (Å²) in [7, 11) is 0. The van der Waals surface area contributed by atoms with Gasteiger partial charge < -0.3 is 24.0 Å². The van der Waals surface area contributed by atoms with Gasteiger partial charge in [-0.25, -0.2) is 4.39 Å². The lowest BCUT2D eigenvalue weighted by atomic mass is 10.1. The number of benzene rings is 1. The standard InChI is InChI=1S/C22H30FN3O4/c1-2-28-15-17(27)13-26(16-7-8-16)14-19-21(18-5-3-4-6-20(18)23)24-30-22(19)25-9-11-29-12-10-25/h3-6,16-17,27H,2,7-15H2,1H3. The topological polar surface area (TPSA) is 71.2 Å². The molecular weight excluding hydrogens is 389 g/mol. The largest absolute Gasteiger partial charge is 0.389 e. The van der Waals surface area contributed by atoms with Crippen LogP contribution in [0.4, 0.5) is 10.3 Å². The first kappa shape index (κ1) is 21.2. The molecule has 2 aromatic rings. The molecule has 30 heavy (non-hydrogen) atoms. The molecule has 7 nitrogen and oxygen atoms in total. The number of morpholine rings is 1. The maximum atomic E-state index is 14.6. The van der Waals surface area contributed by atoms with Gasteiger partial charge in [-0.2, -0.15) is 0 Å². The van der Waals surface area contributed by atoms with Crippen molar-refractivity contribution in [3.63, 3.8) is 0 Å². The van der Waals surface area contributed by atoms with Crippen molar-refractivity contribution in [3.05, 3.63) is 35.6 Å². The molecule has 1 saturated heterocycles. The number of anilines is 1. The second-order valence-electron chi connectivity index (χ2n) is 7.87. The second kappa shape index (κ2) is 9.87. The van der Waals surface area contributed by atoms with E-state index in [9.17, 15) is 9.50 Å². The van der Waals surface area contributed by atoms with Gasteiger partial charge in [-0.05, 0) is 31.9 Å². The third-order valence-electron chi connectivity index (χ3n) is 5.58. The Labute approximate surface area is 176 Å². The summed E-state index contributed by atoms with van der Waals surface area (Å²) in [6.07, 6.45) is 1.61. The molecule has 1 aromatic heterocycles. The van der Waals surface area contributed by atoms with Crippen LogP contribution in [0.1, 0.15) is 25.3 Å². The highest BCUT2D eigenvalue weighted by Crippen LogP contribution is 2.37. The molecule has 2 heterocycles. The van der Waals surface area contributed by atoms with Crippen LogP contribution in [0.2, 0.25) is 0 Å². The van der Waals surface area contributed by atoms with Crippen LogP contribution in [0.15, 0.2) is 28.8 Å². The molecule has 0 radical (unpaired) electrons. The highest BCUT2D eigenvalue weighted by Gasteiger charge is 2.34. The number of aliphatic hydroxyl groups excluding tert-OH is 1. The molecule has 164 valence electrons. The van der Waals surface area contributed by atoms with Crippen LogP contribution in [0.5, 0.6) is 0 Å². The molecule has 1 N–H and O–H groups in total. The molecule has 1 aliphatic heterocycles. The predicted octanol–water partition coefficient (Wildman–Crippen LogP) is 2.68. The number of rotatable bonds is 10. The molecule has 1 saturated carbocycles. The molecule has 2 fully saturated rings. The molecule has 1 unspecified atom stereocenters. The predicted molar refractivity (Wildman–Crippen MR) is 111 cm³/mol. The fourth-order valence-electron chi connectivity index (χ4n) is 3.89. The van der Waals surface area contributed by atoms with E-state index in [1.165, 1.54) is 6.07 Å². The van der Waals surface area contributed by atoms with Gasteiger partial charge in [-0.15, -0.1) is 0 Å². The molecule has 1 aromatic carbocycles. The van der Waals surface area contributed by atoms with E-state index in [4.69, 9.17) is 14.0 Å². The lowest BCUT2D eigenvalue weighted by Crippen LogP contribution is -2.38. The Balaban J connectivity index is 1.63. The van der Waals surface area contributed by atoms with Crippen LogP contribution >= 0.6 is 0 Å². The van der Waals surface area contributed by atoms with Crippen molar-refractivity contribution < 1.29 is 23.5 Å². The molecule has 1 aliphatic carbocycles. The number of aliphatic hydroxyl groups is 1. The van der Waals surface area contributed by atoms with Gasteiger partial charge in [0.05, 0.1) is 31.5 Å². The molecule has 0 spiro atoms. The normalized spacial score (nSPS) is 18.2. The van der Waals surface area contributed by atoms with E-state index in [0.717, 1.165) is 18.4 Å². The second-order valence-corrected chi connectivity index (χ2v) is 7.87. The van der Waals surface area contributed by atoms with Gasteiger partial charge in [0, 0.05) is 44.4 Å². The molecule has 1 atom stereocenters. The van der Waals surface area contributed by atoms with Crippen molar-refractivity contribution in [2.45, 2.75) is 38.5 Å². The van der Waals surface area contributed by atoms with E-state index in [0.29, 0.717) is 75.8 Å².